The lowest BCUT2D eigenvalue weighted by atomic mass is 9.91. The number of aromatic nitrogens is 1. The molecule has 0 saturated heterocycles. The average Bonchev–Trinajstić information content (AvgIpc) is 3.29. The van der Waals surface area contributed by atoms with Crippen LogP contribution in [-0.2, 0) is 0 Å². The van der Waals surface area contributed by atoms with E-state index in [4.69, 9.17) is 0 Å². The van der Waals surface area contributed by atoms with Crippen molar-refractivity contribution in [2.24, 2.45) is 0 Å². The van der Waals surface area contributed by atoms with Gasteiger partial charge in [0.1, 0.15) is 0 Å². The summed E-state index contributed by atoms with van der Waals surface area (Å²) in [4.78, 5) is 0. The van der Waals surface area contributed by atoms with Gasteiger partial charge in [-0.05, 0) is 165 Å². The van der Waals surface area contributed by atoms with Gasteiger partial charge in [0.05, 0.1) is 11.0 Å². The van der Waals surface area contributed by atoms with Crippen LogP contribution in [0.5, 0.6) is 0 Å². The van der Waals surface area contributed by atoms with Crippen LogP contribution in [0.15, 0.2) is 97.1 Å². The highest BCUT2D eigenvalue weighted by Crippen LogP contribution is 2.40. The van der Waals surface area contributed by atoms with E-state index in [2.05, 4.69) is 164 Å². The number of rotatable bonds is 4. The Hall–Kier alpha value is -4.88. The first-order chi connectivity index (χ1) is 22.0. The molecule has 1 heteroatoms. The molecule has 0 spiro atoms. The number of nitrogens with zero attached hydrogens (tertiary/aromatic N) is 1. The summed E-state index contributed by atoms with van der Waals surface area (Å²) < 4.78 is 2.45. The number of aryl methyl sites for hydroxylation is 9. The molecule has 0 atom stereocenters. The number of hydrogen-bond donors (Lipinski definition) is 0. The van der Waals surface area contributed by atoms with Crippen LogP contribution in [0.1, 0.15) is 50.1 Å². The second-order valence-corrected chi connectivity index (χ2v) is 13.7. The van der Waals surface area contributed by atoms with Crippen molar-refractivity contribution in [3.63, 3.8) is 0 Å². The van der Waals surface area contributed by atoms with Gasteiger partial charge in [-0.15, -0.1) is 0 Å². The van der Waals surface area contributed by atoms with Crippen molar-refractivity contribution < 1.29 is 0 Å². The molecule has 0 fully saturated rings. The van der Waals surface area contributed by atoms with E-state index in [0.29, 0.717) is 0 Å². The van der Waals surface area contributed by atoms with E-state index in [1.807, 2.05) is 0 Å². The quantitative estimate of drug-likeness (QED) is 0.190. The fourth-order valence-electron chi connectivity index (χ4n) is 8.30. The third-order valence-electron chi connectivity index (χ3n) is 9.79. The van der Waals surface area contributed by atoms with Crippen molar-refractivity contribution in [2.45, 2.75) is 62.3 Å². The third kappa shape index (κ3) is 4.95. The first-order valence-corrected chi connectivity index (χ1v) is 16.4. The molecular formula is C45H43N. The van der Waals surface area contributed by atoms with Gasteiger partial charge < -0.3 is 4.57 Å². The Balaban J connectivity index is 1.47. The minimum atomic E-state index is 1.18. The Morgan fingerprint density at radius 3 is 0.978 bits per heavy atom. The van der Waals surface area contributed by atoms with E-state index >= 15 is 0 Å². The summed E-state index contributed by atoms with van der Waals surface area (Å²) in [5.74, 6) is 0. The monoisotopic (exact) mass is 597 g/mol. The molecule has 6 aromatic carbocycles. The molecule has 0 aliphatic rings. The number of fused-ring (bicyclic) bond motifs is 3. The molecule has 7 aromatic rings. The average molecular weight is 598 g/mol. The van der Waals surface area contributed by atoms with Crippen molar-refractivity contribution >= 4 is 21.8 Å². The smallest absolute Gasteiger partial charge is 0.0541 e. The van der Waals surface area contributed by atoms with Gasteiger partial charge in [-0.2, -0.15) is 0 Å². The lowest BCUT2D eigenvalue weighted by molar-refractivity contribution is 1.18. The molecule has 0 amide bonds. The lowest BCUT2D eigenvalue weighted by Gasteiger charge is -2.14. The van der Waals surface area contributed by atoms with Crippen LogP contribution in [0.4, 0.5) is 0 Å². The fourth-order valence-corrected chi connectivity index (χ4v) is 8.30. The summed E-state index contributed by atoms with van der Waals surface area (Å²) in [5.41, 5.74) is 23.3. The van der Waals surface area contributed by atoms with Gasteiger partial charge in [0.15, 0.2) is 0 Å². The van der Waals surface area contributed by atoms with E-state index in [1.165, 1.54) is 111 Å². The summed E-state index contributed by atoms with van der Waals surface area (Å²) in [5, 5.41) is 2.57. The van der Waals surface area contributed by atoms with Crippen LogP contribution in [0, 0.1) is 62.3 Å². The summed E-state index contributed by atoms with van der Waals surface area (Å²) in [6.45, 7) is 19.9. The Morgan fingerprint density at radius 2 is 0.630 bits per heavy atom. The minimum Gasteiger partial charge on any atom is -0.309 e. The van der Waals surface area contributed by atoms with Crippen molar-refractivity contribution in [1.82, 2.24) is 4.57 Å². The highest BCUT2D eigenvalue weighted by atomic mass is 15.0. The summed E-state index contributed by atoms with van der Waals surface area (Å²) in [6.07, 6.45) is 0. The van der Waals surface area contributed by atoms with E-state index in [9.17, 15) is 0 Å². The fraction of sp³-hybridized carbons (Fsp3) is 0.200. The van der Waals surface area contributed by atoms with E-state index in [-0.39, 0.29) is 0 Å². The van der Waals surface area contributed by atoms with E-state index in [1.54, 1.807) is 0 Å². The zero-order valence-corrected chi connectivity index (χ0v) is 28.7. The molecule has 1 aromatic heterocycles. The zero-order valence-electron chi connectivity index (χ0n) is 28.7. The summed E-state index contributed by atoms with van der Waals surface area (Å²) in [6, 6.07) is 37.1. The first-order valence-electron chi connectivity index (χ1n) is 16.4. The molecule has 0 aliphatic heterocycles. The van der Waals surface area contributed by atoms with E-state index < -0.39 is 0 Å². The molecule has 46 heavy (non-hydrogen) atoms. The Kier molecular flexibility index (Phi) is 7.24. The minimum absolute atomic E-state index is 1.18. The molecule has 0 aliphatic carbocycles. The predicted octanol–water partition coefficient (Wildman–Crippen LogP) is 12.6. The van der Waals surface area contributed by atoms with Gasteiger partial charge >= 0.3 is 0 Å². The maximum Gasteiger partial charge on any atom is 0.0541 e. The molecule has 0 radical (unpaired) electrons. The molecule has 0 saturated carbocycles. The Morgan fingerprint density at radius 1 is 0.326 bits per heavy atom. The topological polar surface area (TPSA) is 4.93 Å². The Bertz CT molecular complexity index is 2140. The second-order valence-electron chi connectivity index (χ2n) is 13.7. The van der Waals surface area contributed by atoms with Gasteiger partial charge in [0.2, 0.25) is 0 Å². The number of hydrogen-bond acceptors (Lipinski definition) is 0. The standard InChI is InChI=1S/C45H43N/c1-26-18-29(4)43(30(5)19-26)35-10-14-38(15-11-35)46-41-16-12-36(44-31(6)20-27(2)21-32(44)7)24-39(41)40-25-37(13-17-42(40)46)45-33(8)22-28(3)23-34(45)9/h10-25H,1-9H3. The maximum absolute atomic E-state index is 2.45. The van der Waals surface area contributed by atoms with Crippen LogP contribution in [0.2, 0.25) is 0 Å². The Labute approximate surface area is 274 Å². The van der Waals surface area contributed by atoms with Gasteiger partial charge in [0.25, 0.3) is 0 Å². The second kappa shape index (κ2) is 11.2. The van der Waals surface area contributed by atoms with Crippen LogP contribution in [0.25, 0.3) is 60.9 Å². The maximum atomic E-state index is 2.45. The van der Waals surface area contributed by atoms with Gasteiger partial charge in [-0.3, -0.25) is 0 Å². The van der Waals surface area contributed by atoms with Crippen molar-refractivity contribution in [3.05, 3.63) is 147 Å². The first kappa shape index (κ1) is 29.8. The van der Waals surface area contributed by atoms with Gasteiger partial charge in [-0.1, -0.05) is 77.4 Å². The SMILES string of the molecule is Cc1cc(C)c(-c2ccc(-n3c4ccc(-c5c(C)cc(C)cc5C)cc4c4cc(-c5c(C)cc(C)cc5C)ccc43)cc2)c(C)c1. The normalized spacial score (nSPS) is 11.6. The van der Waals surface area contributed by atoms with Crippen LogP contribution < -0.4 is 0 Å². The van der Waals surface area contributed by atoms with E-state index in [0.717, 1.165) is 0 Å². The summed E-state index contributed by atoms with van der Waals surface area (Å²) in [7, 11) is 0. The van der Waals surface area contributed by atoms with Crippen molar-refractivity contribution in [1.29, 1.82) is 0 Å². The molecule has 0 unspecified atom stereocenters. The van der Waals surface area contributed by atoms with Crippen LogP contribution in [0.3, 0.4) is 0 Å². The molecule has 1 heterocycles. The third-order valence-corrected chi connectivity index (χ3v) is 9.79. The van der Waals surface area contributed by atoms with Gasteiger partial charge in [-0.25, -0.2) is 0 Å². The zero-order chi connectivity index (χ0) is 32.4. The molecule has 7 rings (SSSR count). The van der Waals surface area contributed by atoms with Gasteiger partial charge in [0, 0.05) is 16.5 Å². The molecule has 0 bridgehead atoms. The van der Waals surface area contributed by atoms with Crippen LogP contribution >= 0.6 is 0 Å². The lowest BCUT2D eigenvalue weighted by Crippen LogP contribution is -1.95. The summed E-state index contributed by atoms with van der Waals surface area (Å²) >= 11 is 0. The largest absolute Gasteiger partial charge is 0.309 e. The highest BCUT2D eigenvalue weighted by Gasteiger charge is 2.18. The highest BCUT2D eigenvalue weighted by molar-refractivity contribution is 6.12. The predicted molar refractivity (Wildman–Crippen MR) is 200 cm³/mol. The van der Waals surface area contributed by atoms with Crippen LogP contribution in [-0.4, -0.2) is 4.57 Å². The molecular weight excluding hydrogens is 555 g/mol. The molecule has 228 valence electrons. The van der Waals surface area contributed by atoms with Crippen molar-refractivity contribution in [2.75, 3.05) is 0 Å². The van der Waals surface area contributed by atoms with Crippen molar-refractivity contribution in [3.8, 4) is 39.1 Å². The molecule has 0 N–H and O–H groups in total. The molecule has 1 nitrogen and oxygen atoms in total. The number of benzene rings is 6.